The zero-order valence-corrected chi connectivity index (χ0v) is 29.1. The van der Waals surface area contributed by atoms with Gasteiger partial charge in [0.05, 0.1) is 22.4 Å². The smallest absolute Gasteiger partial charge is 0.235 e. The molecule has 0 bridgehead atoms. The molecule has 0 atom stereocenters. The zero-order chi connectivity index (χ0) is 34.2. The zero-order valence-electron chi connectivity index (χ0n) is 29.1. The molecule has 3 heteroatoms. The third-order valence-corrected chi connectivity index (χ3v) is 11.9. The van der Waals surface area contributed by atoms with Crippen LogP contribution in [-0.4, -0.2) is 14.5 Å². The van der Waals surface area contributed by atoms with Crippen LogP contribution in [0.1, 0.15) is 50.1 Å². The molecule has 0 fully saturated rings. The van der Waals surface area contributed by atoms with Gasteiger partial charge < -0.3 is 0 Å². The first-order valence-electron chi connectivity index (χ1n) is 17.9. The number of hydrogen-bond acceptors (Lipinski definition) is 2. The van der Waals surface area contributed by atoms with Gasteiger partial charge in [0.1, 0.15) is 0 Å². The van der Waals surface area contributed by atoms with Gasteiger partial charge in [0.2, 0.25) is 5.95 Å². The summed E-state index contributed by atoms with van der Waals surface area (Å²) in [6.07, 6.45) is 0. The second-order valence-corrected chi connectivity index (χ2v) is 15.5. The topological polar surface area (TPSA) is 30.7 Å². The average Bonchev–Trinajstić information content (AvgIpc) is 3.68. The molecule has 242 valence electrons. The van der Waals surface area contributed by atoms with Gasteiger partial charge in [-0.25, -0.2) is 9.97 Å². The highest BCUT2D eigenvalue weighted by molar-refractivity contribution is 6.16. The van der Waals surface area contributed by atoms with Gasteiger partial charge in [0.25, 0.3) is 0 Å². The van der Waals surface area contributed by atoms with Crippen molar-refractivity contribution in [3.63, 3.8) is 0 Å². The van der Waals surface area contributed by atoms with Gasteiger partial charge in [0.15, 0.2) is 0 Å². The van der Waals surface area contributed by atoms with Gasteiger partial charge in [0, 0.05) is 32.7 Å². The summed E-state index contributed by atoms with van der Waals surface area (Å²) in [5.74, 6) is 0.707. The maximum absolute atomic E-state index is 5.66. The molecular weight excluding hydrogens is 619 g/mol. The summed E-state index contributed by atoms with van der Waals surface area (Å²) in [4.78, 5) is 11.3. The van der Waals surface area contributed by atoms with Crippen molar-refractivity contribution in [3.8, 4) is 39.5 Å². The molecular formula is C48H35N3. The van der Waals surface area contributed by atoms with Gasteiger partial charge in [-0.15, -0.1) is 0 Å². The molecule has 0 unspecified atom stereocenters. The minimum absolute atomic E-state index is 0.118. The Morgan fingerprint density at radius 1 is 0.451 bits per heavy atom. The molecule has 0 saturated heterocycles. The van der Waals surface area contributed by atoms with Crippen LogP contribution < -0.4 is 0 Å². The second kappa shape index (κ2) is 9.80. The van der Waals surface area contributed by atoms with Crippen LogP contribution >= 0.6 is 0 Å². The normalized spacial score (nSPS) is 15.0. The Bertz CT molecular complexity index is 2880. The van der Waals surface area contributed by atoms with Crippen molar-refractivity contribution in [1.82, 2.24) is 14.5 Å². The van der Waals surface area contributed by atoms with E-state index in [1.54, 1.807) is 0 Å². The van der Waals surface area contributed by atoms with Crippen molar-refractivity contribution in [2.24, 2.45) is 0 Å². The number of rotatable bonds is 2. The Balaban J connectivity index is 1.26. The third kappa shape index (κ3) is 3.78. The van der Waals surface area contributed by atoms with E-state index < -0.39 is 0 Å². The van der Waals surface area contributed by atoms with E-state index in [2.05, 4.69) is 172 Å². The largest absolute Gasteiger partial charge is 0.278 e. The van der Waals surface area contributed by atoms with Crippen LogP contribution in [0.3, 0.4) is 0 Å². The van der Waals surface area contributed by atoms with Crippen LogP contribution in [0.5, 0.6) is 0 Å². The predicted molar refractivity (Wildman–Crippen MR) is 212 cm³/mol. The molecule has 11 rings (SSSR count). The summed E-state index contributed by atoms with van der Waals surface area (Å²) in [6, 6.07) is 51.3. The fourth-order valence-corrected chi connectivity index (χ4v) is 9.29. The number of hydrogen-bond donors (Lipinski definition) is 0. The van der Waals surface area contributed by atoms with E-state index in [1.165, 1.54) is 65.7 Å². The quantitative estimate of drug-likeness (QED) is 0.186. The fraction of sp³-hybridized carbons (Fsp3) is 0.125. The van der Waals surface area contributed by atoms with E-state index in [-0.39, 0.29) is 10.8 Å². The highest BCUT2D eigenvalue weighted by atomic mass is 15.2. The molecule has 0 spiro atoms. The van der Waals surface area contributed by atoms with Gasteiger partial charge in [-0.05, 0) is 85.3 Å². The molecule has 9 aromatic rings. The minimum atomic E-state index is -0.303. The molecule has 0 N–H and O–H groups in total. The summed E-state index contributed by atoms with van der Waals surface area (Å²) in [7, 11) is 0. The summed E-state index contributed by atoms with van der Waals surface area (Å²) >= 11 is 0. The van der Waals surface area contributed by atoms with E-state index in [0.29, 0.717) is 5.95 Å². The lowest BCUT2D eigenvalue weighted by molar-refractivity contribution is 0.632. The molecule has 2 heterocycles. The summed E-state index contributed by atoms with van der Waals surface area (Å²) in [5, 5.41) is 7.28. The van der Waals surface area contributed by atoms with Crippen LogP contribution in [-0.2, 0) is 10.8 Å². The molecule has 0 aliphatic heterocycles. The number of aromatic nitrogens is 3. The van der Waals surface area contributed by atoms with Gasteiger partial charge in [-0.3, -0.25) is 4.57 Å². The monoisotopic (exact) mass is 653 g/mol. The number of benzene rings is 7. The first kappa shape index (κ1) is 28.7. The van der Waals surface area contributed by atoms with Crippen molar-refractivity contribution >= 4 is 43.4 Å². The maximum atomic E-state index is 5.66. The Kier molecular flexibility index (Phi) is 5.52. The second-order valence-electron chi connectivity index (χ2n) is 15.5. The highest BCUT2D eigenvalue weighted by Crippen LogP contribution is 2.53. The molecule has 3 nitrogen and oxygen atoms in total. The molecule has 51 heavy (non-hydrogen) atoms. The maximum Gasteiger partial charge on any atom is 0.235 e. The minimum Gasteiger partial charge on any atom is -0.278 e. The molecule has 2 aliphatic rings. The molecule has 0 radical (unpaired) electrons. The van der Waals surface area contributed by atoms with E-state index in [4.69, 9.17) is 9.97 Å². The standard InChI is InChI=1S/C48H35N3/c1-47(2)38-19-11-9-17-33(38)34-22-21-32(25-40(34)47)44-43-35-18-10-12-20-39(35)48(3,4)45(43)50-46(49-44)51-41-26-30-15-7-5-13-28(30)23-36(41)37-24-29-14-6-8-16-31(29)27-42(37)51/h5-27H,1-4H3. The lowest BCUT2D eigenvalue weighted by Gasteiger charge is -2.23. The SMILES string of the molecule is CC1(C)c2ccccc2-c2ccc(-c3nc(-n4c5cc6ccccc6cc5c5cc6ccccc6cc54)nc4c3-c3ccccc3C4(C)C)cc21. The summed E-state index contributed by atoms with van der Waals surface area (Å²) in [5.41, 5.74) is 14.0. The Labute approximate surface area is 296 Å². The van der Waals surface area contributed by atoms with E-state index in [0.717, 1.165) is 33.5 Å². The van der Waals surface area contributed by atoms with Crippen LogP contribution in [0.2, 0.25) is 0 Å². The van der Waals surface area contributed by atoms with Gasteiger partial charge in [-0.2, -0.15) is 0 Å². The lowest BCUT2D eigenvalue weighted by Crippen LogP contribution is -2.19. The van der Waals surface area contributed by atoms with Crippen molar-refractivity contribution in [3.05, 3.63) is 162 Å². The van der Waals surface area contributed by atoms with Gasteiger partial charge in [-0.1, -0.05) is 137 Å². The Morgan fingerprint density at radius 3 is 1.59 bits per heavy atom. The fourth-order valence-electron chi connectivity index (χ4n) is 9.29. The van der Waals surface area contributed by atoms with Crippen molar-refractivity contribution in [2.75, 3.05) is 0 Å². The van der Waals surface area contributed by atoms with Crippen LogP contribution in [0.4, 0.5) is 0 Å². The highest BCUT2D eigenvalue weighted by Gasteiger charge is 2.41. The summed E-state index contributed by atoms with van der Waals surface area (Å²) < 4.78 is 2.32. The first-order valence-corrected chi connectivity index (χ1v) is 17.9. The lowest BCUT2D eigenvalue weighted by atomic mass is 9.81. The van der Waals surface area contributed by atoms with Crippen LogP contribution in [0.25, 0.3) is 82.8 Å². The van der Waals surface area contributed by atoms with Gasteiger partial charge >= 0.3 is 0 Å². The number of fused-ring (bicyclic) bond motifs is 11. The molecule has 7 aromatic carbocycles. The molecule has 2 aromatic heterocycles. The predicted octanol–water partition coefficient (Wildman–Crippen LogP) is 12.2. The molecule has 0 amide bonds. The van der Waals surface area contributed by atoms with Crippen molar-refractivity contribution < 1.29 is 0 Å². The number of nitrogens with zero attached hydrogens (tertiary/aromatic N) is 3. The Hall–Kier alpha value is -6.06. The van der Waals surface area contributed by atoms with Crippen molar-refractivity contribution in [1.29, 1.82) is 0 Å². The Morgan fingerprint density at radius 2 is 0.961 bits per heavy atom. The third-order valence-electron chi connectivity index (χ3n) is 11.9. The average molecular weight is 654 g/mol. The molecule has 0 saturated carbocycles. The summed E-state index contributed by atoms with van der Waals surface area (Å²) in [6.45, 7) is 9.33. The first-order chi connectivity index (χ1) is 24.8. The van der Waals surface area contributed by atoms with E-state index in [1.807, 2.05) is 0 Å². The van der Waals surface area contributed by atoms with Crippen LogP contribution in [0, 0.1) is 0 Å². The van der Waals surface area contributed by atoms with Crippen LogP contribution in [0.15, 0.2) is 140 Å². The van der Waals surface area contributed by atoms with E-state index in [9.17, 15) is 0 Å². The van der Waals surface area contributed by atoms with E-state index >= 15 is 0 Å². The van der Waals surface area contributed by atoms with Crippen molar-refractivity contribution in [2.45, 2.75) is 38.5 Å². The molecule has 2 aliphatic carbocycles.